The number of aromatic nitrogens is 1. The Morgan fingerprint density at radius 1 is 1.47 bits per heavy atom. The summed E-state index contributed by atoms with van der Waals surface area (Å²) in [5.74, 6) is 0.159. The minimum atomic E-state index is -0.184. The summed E-state index contributed by atoms with van der Waals surface area (Å²) in [6, 6.07) is 5.43. The first-order valence-electron chi connectivity index (χ1n) is 5.53. The molecule has 0 spiro atoms. The summed E-state index contributed by atoms with van der Waals surface area (Å²) < 4.78 is 7.13. The Bertz CT molecular complexity index is 524. The second-order valence-corrected chi connectivity index (χ2v) is 4.12. The monoisotopic (exact) mass is 232 g/mol. The average Bonchev–Trinajstić information content (AvgIpc) is 2.91. The number of hydrogen-bond donors (Lipinski definition) is 1. The summed E-state index contributed by atoms with van der Waals surface area (Å²) in [6.07, 6.45) is 1.49. The summed E-state index contributed by atoms with van der Waals surface area (Å²) in [4.78, 5) is 11.7. The highest BCUT2D eigenvalue weighted by Gasteiger charge is 2.10. The number of amides is 1. The summed E-state index contributed by atoms with van der Waals surface area (Å²) in [7, 11) is 2.02. The fourth-order valence-corrected chi connectivity index (χ4v) is 1.78. The molecule has 17 heavy (non-hydrogen) atoms. The molecule has 0 aliphatic rings. The van der Waals surface area contributed by atoms with Crippen molar-refractivity contribution in [2.45, 2.75) is 20.4 Å². The molecule has 4 nitrogen and oxygen atoms in total. The third kappa shape index (κ3) is 2.25. The van der Waals surface area contributed by atoms with Gasteiger partial charge in [-0.25, -0.2) is 0 Å². The average molecular weight is 232 g/mol. The number of nitrogens with zero attached hydrogens (tertiary/aromatic N) is 1. The largest absolute Gasteiger partial charge is 0.459 e. The molecule has 0 atom stereocenters. The quantitative estimate of drug-likeness (QED) is 0.881. The van der Waals surface area contributed by atoms with Crippen LogP contribution in [0, 0.1) is 13.8 Å². The lowest BCUT2D eigenvalue weighted by molar-refractivity contribution is 0.0923. The smallest absolute Gasteiger partial charge is 0.287 e. The predicted molar refractivity (Wildman–Crippen MR) is 64.8 cm³/mol. The molecule has 0 fully saturated rings. The van der Waals surface area contributed by atoms with E-state index in [9.17, 15) is 4.79 Å². The van der Waals surface area contributed by atoms with Crippen LogP contribution in [0.2, 0.25) is 0 Å². The van der Waals surface area contributed by atoms with Crippen LogP contribution in [0.25, 0.3) is 0 Å². The molecule has 2 aromatic heterocycles. The molecule has 0 saturated heterocycles. The fourth-order valence-electron chi connectivity index (χ4n) is 1.78. The topological polar surface area (TPSA) is 47.2 Å². The van der Waals surface area contributed by atoms with Crippen LogP contribution in [0.15, 0.2) is 28.9 Å². The van der Waals surface area contributed by atoms with Crippen molar-refractivity contribution in [1.82, 2.24) is 9.88 Å². The van der Waals surface area contributed by atoms with Crippen LogP contribution in [0.1, 0.15) is 27.5 Å². The number of carbonyl (C=O) groups excluding carboxylic acids is 1. The highest BCUT2D eigenvalue weighted by Crippen LogP contribution is 2.13. The number of furan rings is 1. The van der Waals surface area contributed by atoms with Crippen molar-refractivity contribution in [3.63, 3.8) is 0 Å². The molecule has 0 radical (unpaired) electrons. The van der Waals surface area contributed by atoms with Crippen LogP contribution < -0.4 is 5.32 Å². The third-order valence-corrected chi connectivity index (χ3v) is 3.06. The van der Waals surface area contributed by atoms with Gasteiger partial charge in [-0.1, -0.05) is 0 Å². The zero-order chi connectivity index (χ0) is 12.4. The van der Waals surface area contributed by atoms with Crippen LogP contribution in [-0.2, 0) is 13.6 Å². The van der Waals surface area contributed by atoms with Gasteiger partial charge in [0.15, 0.2) is 5.76 Å². The van der Waals surface area contributed by atoms with Gasteiger partial charge in [0.25, 0.3) is 5.91 Å². The van der Waals surface area contributed by atoms with E-state index >= 15 is 0 Å². The summed E-state index contributed by atoms with van der Waals surface area (Å²) in [5, 5.41) is 2.84. The van der Waals surface area contributed by atoms with Gasteiger partial charge in [0, 0.05) is 25.0 Å². The Morgan fingerprint density at radius 2 is 2.24 bits per heavy atom. The normalized spacial score (nSPS) is 10.5. The van der Waals surface area contributed by atoms with Gasteiger partial charge >= 0.3 is 0 Å². The van der Waals surface area contributed by atoms with Crippen LogP contribution in [0.4, 0.5) is 0 Å². The van der Waals surface area contributed by atoms with E-state index in [1.165, 1.54) is 17.7 Å². The first kappa shape index (κ1) is 11.5. The van der Waals surface area contributed by atoms with Gasteiger partial charge in [-0.3, -0.25) is 4.79 Å². The van der Waals surface area contributed by atoms with E-state index in [0.29, 0.717) is 12.3 Å². The van der Waals surface area contributed by atoms with E-state index in [0.717, 1.165) is 5.56 Å². The maximum atomic E-state index is 11.7. The molecule has 90 valence electrons. The number of rotatable bonds is 3. The molecule has 0 unspecified atom stereocenters. The van der Waals surface area contributed by atoms with E-state index in [1.54, 1.807) is 12.1 Å². The van der Waals surface area contributed by atoms with Crippen LogP contribution in [0.3, 0.4) is 0 Å². The molecule has 2 heterocycles. The van der Waals surface area contributed by atoms with Crippen molar-refractivity contribution in [1.29, 1.82) is 0 Å². The molecule has 0 aromatic carbocycles. The van der Waals surface area contributed by atoms with Gasteiger partial charge < -0.3 is 14.3 Å². The summed E-state index contributed by atoms with van der Waals surface area (Å²) >= 11 is 0. The van der Waals surface area contributed by atoms with E-state index < -0.39 is 0 Å². The van der Waals surface area contributed by atoms with Gasteiger partial charge in [0.05, 0.1) is 6.26 Å². The SMILES string of the molecule is Cc1cc(CNC(=O)c2ccco2)c(C)n1C. The van der Waals surface area contributed by atoms with Crippen molar-refractivity contribution in [2.75, 3.05) is 0 Å². The van der Waals surface area contributed by atoms with E-state index in [1.807, 2.05) is 20.9 Å². The first-order valence-corrected chi connectivity index (χ1v) is 5.53. The second kappa shape index (κ2) is 4.49. The highest BCUT2D eigenvalue weighted by atomic mass is 16.3. The molecule has 0 saturated carbocycles. The molecule has 1 amide bonds. The zero-order valence-corrected chi connectivity index (χ0v) is 10.3. The lowest BCUT2D eigenvalue weighted by Crippen LogP contribution is -2.22. The van der Waals surface area contributed by atoms with Gasteiger partial charge in [-0.05, 0) is 37.6 Å². The molecular weight excluding hydrogens is 216 g/mol. The van der Waals surface area contributed by atoms with Crippen molar-refractivity contribution in [3.8, 4) is 0 Å². The molecule has 4 heteroatoms. The third-order valence-electron chi connectivity index (χ3n) is 3.06. The van der Waals surface area contributed by atoms with E-state index in [-0.39, 0.29) is 5.91 Å². The van der Waals surface area contributed by atoms with Crippen molar-refractivity contribution < 1.29 is 9.21 Å². The van der Waals surface area contributed by atoms with Gasteiger partial charge in [-0.2, -0.15) is 0 Å². The Labute approximate surface area is 100 Å². The van der Waals surface area contributed by atoms with Gasteiger partial charge in [0.1, 0.15) is 0 Å². The molecule has 1 N–H and O–H groups in total. The highest BCUT2D eigenvalue weighted by molar-refractivity contribution is 5.91. The number of aryl methyl sites for hydroxylation is 1. The van der Waals surface area contributed by atoms with E-state index in [2.05, 4.69) is 16.0 Å². The standard InChI is InChI=1S/C13H16N2O2/c1-9-7-11(10(2)15(9)3)8-14-13(16)12-5-4-6-17-12/h4-7H,8H2,1-3H3,(H,14,16). The Kier molecular flexibility index (Phi) is 3.04. The number of carbonyl (C=O) groups is 1. The van der Waals surface area contributed by atoms with Crippen molar-refractivity contribution in [2.24, 2.45) is 7.05 Å². The molecule has 0 aliphatic carbocycles. The first-order chi connectivity index (χ1) is 8.09. The van der Waals surface area contributed by atoms with Crippen molar-refractivity contribution >= 4 is 5.91 Å². The molecule has 0 aliphatic heterocycles. The van der Waals surface area contributed by atoms with Crippen LogP contribution in [0.5, 0.6) is 0 Å². The number of nitrogens with one attached hydrogen (secondary N) is 1. The summed E-state index contributed by atoms with van der Waals surface area (Å²) in [6.45, 7) is 4.61. The Balaban J connectivity index is 2.03. The Morgan fingerprint density at radius 3 is 2.76 bits per heavy atom. The van der Waals surface area contributed by atoms with Gasteiger partial charge in [0.2, 0.25) is 0 Å². The maximum absolute atomic E-state index is 11.7. The molecule has 2 rings (SSSR count). The van der Waals surface area contributed by atoms with Gasteiger partial charge in [-0.15, -0.1) is 0 Å². The summed E-state index contributed by atoms with van der Waals surface area (Å²) in [5.41, 5.74) is 3.48. The van der Waals surface area contributed by atoms with Crippen LogP contribution in [-0.4, -0.2) is 10.5 Å². The molecular formula is C13H16N2O2. The lowest BCUT2D eigenvalue weighted by atomic mass is 10.2. The number of hydrogen-bond acceptors (Lipinski definition) is 2. The van der Waals surface area contributed by atoms with Crippen molar-refractivity contribution in [3.05, 3.63) is 47.2 Å². The maximum Gasteiger partial charge on any atom is 0.287 e. The predicted octanol–water partition coefficient (Wildman–Crippen LogP) is 2.16. The van der Waals surface area contributed by atoms with Crippen LogP contribution >= 0.6 is 0 Å². The second-order valence-electron chi connectivity index (χ2n) is 4.12. The minimum Gasteiger partial charge on any atom is -0.459 e. The fraction of sp³-hybridized carbons (Fsp3) is 0.308. The molecule has 2 aromatic rings. The lowest BCUT2D eigenvalue weighted by Gasteiger charge is -2.04. The minimum absolute atomic E-state index is 0.184. The Hall–Kier alpha value is -1.97. The zero-order valence-electron chi connectivity index (χ0n) is 10.3. The van der Waals surface area contributed by atoms with E-state index in [4.69, 9.17) is 4.42 Å². The molecule has 0 bridgehead atoms.